The third-order valence-corrected chi connectivity index (χ3v) is 6.21. The van der Waals surface area contributed by atoms with Gasteiger partial charge in [0.15, 0.2) is 0 Å². The Bertz CT molecular complexity index is 993. The van der Waals surface area contributed by atoms with Gasteiger partial charge in [-0.2, -0.15) is 0 Å². The number of rotatable bonds is 6. The van der Waals surface area contributed by atoms with Crippen molar-refractivity contribution in [1.29, 1.82) is 0 Å². The molecular formula is C24H31N3O4S. The second kappa shape index (κ2) is 10.2. The Morgan fingerprint density at radius 2 is 1.97 bits per heavy atom. The van der Waals surface area contributed by atoms with Crippen molar-refractivity contribution in [3.05, 3.63) is 51.2 Å². The van der Waals surface area contributed by atoms with Crippen LogP contribution in [0.5, 0.6) is 0 Å². The average Bonchev–Trinajstić information content (AvgIpc) is 3.19. The van der Waals surface area contributed by atoms with Gasteiger partial charge in [0.1, 0.15) is 5.60 Å². The fourth-order valence-electron chi connectivity index (χ4n) is 3.56. The highest BCUT2D eigenvalue weighted by Gasteiger charge is 2.24. The maximum Gasteiger partial charge on any atom is 0.407 e. The molecule has 32 heavy (non-hydrogen) atoms. The number of nitrogens with one attached hydrogen (secondary N) is 2. The number of benzene rings is 1. The van der Waals surface area contributed by atoms with Crippen molar-refractivity contribution >= 4 is 34.9 Å². The van der Waals surface area contributed by atoms with Crippen LogP contribution in [-0.2, 0) is 22.5 Å². The number of carbonyl (C=O) groups excluding carboxylic acids is 3. The predicted molar refractivity (Wildman–Crippen MR) is 126 cm³/mol. The Balaban J connectivity index is 1.52. The van der Waals surface area contributed by atoms with E-state index in [1.165, 1.54) is 10.4 Å². The minimum Gasteiger partial charge on any atom is -0.444 e. The number of carbonyl (C=O) groups is 3. The lowest BCUT2D eigenvalue weighted by molar-refractivity contribution is -0.116. The molecule has 0 radical (unpaired) electrons. The van der Waals surface area contributed by atoms with Crippen molar-refractivity contribution in [2.24, 2.45) is 0 Å². The number of hydrogen-bond donors (Lipinski definition) is 2. The Morgan fingerprint density at radius 1 is 1.19 bits per heavy atom. The molecule has 3 rings (SSSR count). The third-order valence-electron chi connectivity index (χ3n) is 5.18. The number of fused-ring (bicyclic) bond motifs is 1. The van der Waals surface area contributed by atoms with E-state index < -0.39 is 11.7 Å². The van der Waals surface area contributed by atoms with E-state index in [1.807, 2.05) is 11.8 Å². The first-order chi connectivity index (χ1) is 15.1. The molecule has 0 bridgehead atoms. The number of nitrogens with zero attached hydrogens (tertiary/aromatic N) is 1. The molecule has 0 aliphatic carbocycles. The number of ether oxygens (including phenoxy) is 1. The standard InChI is InChI=1S/C24H31N3O4S/c1-16-18(22(29)27-13-10-20-17(15-27)11-14-32-20)7-5-8-19(16)26-21(28)9-6-12-25-23(30)31-24(2,3)4/h5,7-8,11,14H,6,9-10,12-13,15H2,1-4H3,(H,25,30)(H,26,28). The van der Waals surface area contributed by atoms with Gasteiger partial charge < -0.3 is 20.3 Å². The molecule has 0 spiro atoms. The second-order valence-corrected chi connectivity index (χ2v) is 9.90. The smallest absolute Gasteiger partial charge is 0.407 e. The molecule has 1 aromatic carbocycles. The zero-order valence-corrected chi connectivity index (χ0v) is 19.9. The molecule has 0 saturated carbocycles. The van der Waals surface area contributed by atoms with Gasteiger partial charge in [0, 0.05) is 42.2 Å². The number of thiophene rings is 1. The van der Waals surface area contributed by atoms with E-state index in [4.69, 9.17) is 4.74 Å². The fraction of sp³-hybridized carbons (Fsp3) is 0.458. The highest BCUT2D eigenvalue weighted by molar-refractivity contribution is 7.10. The molecule has 3 amide bonds. The molecule has 7 nitrogen and oxygen atoms in total. The molecule has 0 fully saturated rings. The van der Waals surface area contributed by atoms with Gasteiger partial charge in [-0.25, -0.2) is 4.79 Å². The normalized spacial score (nSPS) is 13.3. The van der Waals surface area contributed by atoms with Gasteiger partial charge in [-0.1, -0.05) is 6.07 Å². The number of alkyl carbamates (subject to hydrolysis) is 1. The van der Waals surface area contributed by atoms with Crippen LogP contribution in [0.15, 0.2) is 29.6 Å². The van der Waals surface area contributed by atoms with Crippen molar-refractivity contribution in [2.75, 3.05) is 18.4 Å². The van der Waals surface area contributed by atoms with Crippen LogP contribution in [0.3, 0.4) is 0 Å². The lowest BCUT2D eigenvalue weighted by Gasteiger charge is -2.28. The van der Waals surface area contributed by atoms with Crippen molar-refractivity contribution in [3.63, 3.8) is 0 Å². The SMILES string of the molecule is Cc1c(NC(=O)CCCNC(=O)OC(C)(C)C)cccc1C(=O)N1CCc2sccc2C1. The van der Waals surface area contributed by atoms with E-state index in [1.54, 1.807) is 50.3 Å². The third kappa shape index (κ3) is 6.32. The molecule has 1 aliphatic rings. The minimum absolute atomic E-state index is 0.0167. The Hall–Kier alpha value is -2.87. The molecule has 0 atom stereocenters. The minimum atomic E-state index is -0.554. The van der Waals surface area contributed by atoms with Crippen molar-refractivity contribution in [2.45, 2.75) is 59.1 Å². The molecular weight excluding hydrogens is 426 g/mol. The predicted octanol–water partition coefficient (Wildman–Crippen LogP) is 4.50. The van der Waals surface area contributed by atoms with Crippen LogP contribution in [0, 0.1) is 6.92 Å². The first-order valence-electron chi connectivity index (χ1n) is 10.8. The zero-order chi connectivity index (χ0) is 23.3. The molecule has 8 heteroatoms. The maximum atomic E-state index is 13.1. The summed E-state index contributed by atoms with van der Waals surface area (Å²) < 4.78 is 5.17. The summed E-state index contributed by atoms with van der Waals surface area (Å²) in [5.41, 5.74) is 2.66. The van der Waals surface area contributed by atoms with E-state index in [0.717, 1.165) is 12.0 Å². The molecule has 1 aliphatic heterocycles. The van der Waals surface area contributed by atoms with Crippen LogP contribution < -0.4 is 10.6 Å². The van der Waals surface area contributed by atoms with Gasteiger partial charge in [0.05, 0.1) is 0 Å². The maximum absolute atomic E-state index is 13.1. The summed E-state index contributed by atoms with van der Waals surface area (Å²) in [4.78, 5) is 40.4. The van der Waals surface area contributed by atoms with Crippen LogP contribution in [0.2, 0.25) is 0 Å². The summed E-state index contributed by atoms with van der Waals surface area (Å²) in [5, 5.41) is 7.61. The number of hydrogen-bond acceptors (Lipinski definition) is 5. The lowest BCUT2D eigenvalue weighted by atomic mass is 10.0. The summed E-state index contributed by atoms with van der Waals surface area (Å²) >= 11 is 1.74. The van der Waals surface area contributed by atoms with E-state index in [2.05, 4.69) is 22.1 Å². The van der Waals surface area contributed by atoms with Gasteiger partial charge in [-0.3, -0.25) is 9.59 Å². The molecule has 2 N–H and O–H groups in total. The Kier molecular flexibility index (Phi) is 7.56. The molecule has 0 unspecified atom stereocenters. The van der Waals surface area contributed by atoms with Crippen LogP contribution in [0.1, 0.15) is 60.0 Å². The first-order valence-corrected chi connectivity index (χ1v) is 11.7. The van der Waals surface area contributed by atoms with Gasteiger partial charge in [-0.15, -0.1) is 11.3 Å². The number of anilines is 1. The highest BCUT2D eigenvalue weighted by atomic mass is 32.1. The van der Waals surface area contributed by atoms with Crippen LogP contribution in [0.4, 0.5) is 10.5 Å². The monoisotopic (exact) mass is 457 g/mol. The summed E-state index contributed by atoms with van der Waals surface area (Å²) in [6.07, 6.45) is 1.12. The molecule has 2 aromatic rings. The fourth-order valence-corrected chi connectivity index (χ4v) is 4.45. The largest absolute Gasteiger partial charge is 0.444 e. The van der Waals surface area contributed by atoms with Crippen LogP contribution in [0.25, 0.3) is 0 Å². The number of amides is 3. The molecule has 2 heterocycles. The second-order valence-electron chi connectivity index (χ2n) is 8.90. The summed E-state index contributed by atoms with van der Waals surface area (Å²) in [6.45, 7) is 8.92. The average molecular weight is 458 g/mol. The van der Waals surface area contributed by atoms with E-state index >= 15 is 0 Å². The topological polar surface area (TPSA) is 87.7 Å². The van der Waals surface area contributed by atoms with Gasteiger partial charge in [0.2, 0.25) is 5.91 Å². The summed E-state index contributed by atoms with van der Waals surface area (Å²) in [7, 11) is 0. The summed E-state index contributed by atoms with van der Waals surface area (Å²) in [5.74, 6) is -0.179. The molecule has 172 valence electrons. The van der Waals surface area contributed by atoms with E-state index in [-0.39, 0.29) is 18.2 Å². The summed E-state index contributed by atoms with van der Waals surface area (Å²) in [6, 6.07) is 7.48. The molecule has 1 aromatic heterocycles. The van der Waals surface area contributed by atoms with Crippen LogP contribution >= 0.6 is 11.3 Å². The molecule has 0 saturated heterocycles. The lowest BCUT2D eigenvalue weighted by Crippen LogP contribution is -2.35. The Labute approximate surface area is 193 Å². The van der Waals surface area contributed by atoms with Gasteiger partial charge in [0.25, 0.3) is 5.91 Å². The quantitative estimate of drug-likeness (QED) is 0.625. The Morgan fingerprint density at radius 3 is 2.72 bits per heavy atom. The highest BCUT2D eigenvalue weighted by Crippen LogP contribution is 2.27. The van der Waals surface area contributed by atoms with Gasteiger partial charge in [-0.05, 0) is 75.2 Å². The van der Waals surface area contributed by atoms with E-state index in [0.29, 0.717) is 37.3 Å². The van der Waals surface area contributed by atoms with Crippen LogP contribution in [-0.4, -0.2) is 41.5 Å². The van der Waals surface area contributed by atoms with Crippen molar-refractivity contribution in [1.82, 2.24) is 10.2 Å². The van der Waals surface area contributed by atoms with E-state index in [9.17, 15) is 14.4 Å². The first kappa shape index (κ1) is 23.8. The van der Waals surface area contributed by atoms with Gasteiger partial charge >= 0.3 is 6.09 Å². The van der Waals surface area contributed by atoms with Crippen molar-refractivity contribution in [3.8, 4) is 0 Å². The van der Waals surface area contributed by atoms with Crippen molar-refractivity contribution < 1.29 is 19.1 Å². The zero-order valence-electron chi connectivity index (χ0n) is 19.1.